The second-order valence-corrected chi connectivity index (χ2v) is 5.86. The highest BCUT2D eigenvalue weighted by Crippen LogP contribution is 2.33. The molecule has 2 aromatic rings. The molecule has 0 spiro atoms. The number of hydrogen-bond donors (Lipinski definition) is 1. The van der Waals surface area contributed by atoms with Crippen molar-refractivity contribution < 1.29 is 13.9 Å². The Hall–Kier alpha value is -1.80. The Morgan fingerprint density at radius 1 is 1.50 bits per heavy atom. The molecule has 22 heavy (non-hydrogen) atoms. The van der Waals surface area contributed by atoms with E-state index in [1.165, 1.54) is 23.9 Å². The number of ether oxygens (including phenoxy) is 2. The molecule has 0 aliphatic carbocycles. The average molecular weight is 325 g/mol. The van der Waals surface area contributed by atoms with Crippen molar-refractivity contribution in [3.8, 4) is 5.75 Å². The maximum atomic E-state index is 13.7. The zero-order valence-corrected chi connectivity index (χ0v) is 12.9. The molecule has 0 bridgehead atoms. The van der Waals surface area contributed by atoms with Crippen LogP contribution in [0.25, 0.3) is 0 Å². The standard InChI is InChI=1S/C14H16FN3O3S/c1-2-3-18-13(19)16-17-14(18)22-7-10-5-11(15)4-9-6-20-8-21-12(9)10/h4-5H,2-3,6-8H2,1H3,(H,16,19). The van der Waals surface area contributed by atoms with Gasteiger partial charge in [0.25, 0.3) is 0 Å². The molecule has 0 atom stereocenters. The number of H-pyrrole nitrogens is 1. The smallest absolute Gasteiger partial charge is 0.343 e. The van der Waals surface area contributed by atoms with Gasteiger partial charge in [-0.3, -0.25) is 4.57 Å². The van der Waals surface area contributed by atoms with Gasteiger partial charge in [0.2, 0.25) is 0 Å². The van der Waals surface area contributed by atoms with Crippen LogP contribution in [0.2, 0.25) is 0 Å². The van der Waals surface area contributed by atoms with Crippen LogP contribution in [-0.2, 0) is 23.6 Å². The van der Waals surface area contributed by atoms with Crippen LogP contribution in [0.5, 0.6) is 5.75 Å². The summed E-state index contributed by atoms with van der Waals surface area (Å²) in [6.07, 6.45) is 0.836. The van der Waals surface area contributed by atoms with E-state index in [9.17, 15) is 9.18 Å². The summed E-state index contributed by atoms with van der Waals surface area (Å²) in [5, 5.41) is 7.05. The van der Waals surface area contributed by atoms with Crippen molar-refractivity contribution >= 4 is 11.8 Å². The third-order valence-corrected chi connectivity index (χ3v) is 4.30. The molecule has 2 heterocycles. The van der Waals surface area contributed by atoms with Crippen LogP contribution in [0.3, 0.4) is 0 Å². The highest BCUT2D eigenvalue weighted by atomic mass is 32.2. The fraction of sp³-hybridized carbons (Fsp3) is 0.429. The zero-order chi connectivity index (χ0) is 15.5. The number of aromatic nitrogens is 3. The minimum absolute atomic E-state index is 0.166. The summed E-state index contributed by atoms with van der Waals surface area (Å²) in [6.45, 7) is 3.10. The minimum Gasteiger partial charge on any atom is -0.467 e. The number of nitrogens with zero attached hydrogens (tertiary/aromatic N) is 2. The second-order valence-electron chi connectivity index (χ2n) is 4.92. The topological polar surface area (TPSA) is 69.1 Å². The van der Waals surface area contributed by atoms with Gasteiger partial charge in [-0.2, -0.15) is 0 Å². The van der Waals surface area contributed by atoms with Gasteiger partial charge in [-0.15, -0.1) is 5.10 Å². The quantitative estimate of drug-likeness (QED) is 0.854. The van der Waals surface area contributed by atoms with E-state index >= 15 is 0 Å². The lowest BCUT2D eigenvalue weighted by Gasteiger charge is -2.20. The van der Waals surface area contributed by atoms with Crippen LogP contribution in [0.15, 0.2) is 22.1 Å². The monoisotopic (exact) mass is 325 g/mol. The third kappa shape index (κ3) is 3.02. The third-order valence-electron chi connectivity index (χ3n) is 3.28. The Balaban J connectivity index is 1.82. The molecule has 0 saturated heterocycles. The summed E-state index contributed by atoms with van der Waals surface area (Å²) in [5.74, 6) is 0.810. The maximum absolute atomic E-state index is 13.7. The van der Waals surface area contributed by atoms with E-state index in [1.54, 1.807) is 4.57 Å². The first kappa shape index (κ1) is 15.1. The van der Waals surface area contributed by atoms with Gasteiger partial charge in [0, 0.05) is 23.4 Å². The molecule has 0 unspecified atom stereocenters. The van der Waals surface area contributed by atoms with Crippen LogP contribution < -0.4 is 10.4 Å². The Labute approximate surface area is 130 Å². The van der Waals surface area contributed by atoms with E-state index in [2.05, 4.69) is 10.2 Å². The highest BCUT2D eigenvalue weighted by Gasteiger charge is 2.18. The Morgan fingerprint density at radius 2 is 2.36 bits per heavy atom. The average Bonchev–Trinajstić information content (AvgIpc) is 2.86. The van der Waals surface area contributed by atoms with Gasteiger partial charge in [0.05, 0.1) is 6.61 Å². The minimum atomic E-state index is -0.323. The van der Waals surface area contributed by atoms with Crippen LogP contribution in [-0.4, -0.2) is 21.6 Å². The summed E-state index contributed by atoms with van der Waals surface area (Å²) in [4.78, 5) is 11.7. The predicted octanol–water partition coefficient (Wildman–Crippen LogP) is 2.28. The summed E-state index contributed by atoms with van der Waals surface area (Å²) in [7, 11) is 0. The van der Waals surface area contributed by atoms with Crippen LogP contribution in [0.4, 0.5) is 4.39 Å². The lowest BCUT2D eigenvalue weighted by atomic mass is 10.1. The summed E-state index contributed by atoms with van der Waals surface area (Å²) >= 11 is 1.38. The van der Waals surface area contributed by atoms with E-state index in [-0.39, 0.29) is 18.3 Å². The van der Waals surface area contributed by atoms with Gasteiger partial charge in [-0.05, 0) is 18.6 Å². The van der Waals surface area contributed by atoms with E-state index in [0.29, 0.717) is 35.4 Å². The predicted molar refractivity (Wildman–Crippen MR) is 79.4 cm³/mol. The molecule has 3 rings (SSSR count). The van der Waals surface area contributed by atoms with Crippen LogP contribution >= 0.6 is 11.8 Å². The molecule has 6 nitrogen and oxygen atoms in total. The number of rotatable bonds is 5. The molecule has 8 heteroatoms. The largest absolute Gasteiger partial charge is 0.467 e. The first-order valence-electron chi connectivity index (χ1n) is 6.99. The van der Waals surface area contributed by atoms with Crippen molar-refractivity contribution in [2.75, 3.05) is 6.79 Å². The van der Waals surface area contributed by atoms with Gasteiger partial charge in [-0.1, -0.05) is 18.7 Å². The molecule has 1 aromatic carbocycles. The molecule has 118 valence electrons. The highest BCUT2D eigenvalue weighted by molar-refractivity contribution is 7.98. The first-order valence-corrected chi connectivity index (χ1v) is 7.97. The van der Waals surface area contributed by atoms with Gasteiger partial charge < -0.3 is 9.47 Å². The lowest BCUT2D eigenvalue weighted by Crippen LogP contribution is -2.17. The van der Waals surface area contributed by atoms with Crippen molar-refractivity contribution in [1.82, 2.24) is 14.8 Å². The molecule has 1 aliphatic rings. The summed E-state index contributed by atoms with van der Waals surface area (Å²) in [5.41, 5.74) is 1.21. The number of halogens is 1. The first-order chi connectivity index (χ1) is 10.7. The van der Waals surface area contributed by atoms with Gasteiger partial charge in [0.15, 0.2) is 11.9 Å². The number of aromatic amines is 1. The number of nitrogens with one attached hydrogen (secondary N) is 1. The summed E-state index contributed by atoms with van der Waals surface area (Å²) < 4.78 is 25.9. The Bertz CT molecular complexity index is 729. The van der Waals surface area contributed by atoms with Gasteiger partial charge >= 0.3 is 5.69 Å². The van der Waals surface area contributed by atoms with E-state index in [4.69, 9.17) is 9.47 Å². The molecular weight excluding hydrogens is 309 g/mol. The van der Waals surface area contributed by atoms with Crippen LogP contribution in [0.1, 0.15) is 24.5 Å². The van der Waals surface area contributed by atoms with Gasteiger partial charge in [-0.25, -0.2) is 14.3 Å². The summed E-state index contributed by atoms with van der Waals surface area (Å²) in [6, 6.07) is 2.87. The van der Waals surface area contributed by atoms with E-state index in [1.807, 2.05) is 6.92 Å². The van der Waals surface area contributed by atoms with Crippen molar-refractivity contribution in [2.24, 2.45) is 0 Å². The van der Waals surface area contributed by atoms with Crippen molar-refractivity contribution in [3.63, 3.8) is 0 Å². The molecule has 1 aliphatic heterocycles. The zero-order valence-electron chi connectivity index (χ0n) is 12.1. The number of benzene rings is 1. The molecule has 0 amide bonds. The lowest BCUT2D eigenvalue weighted by molar-refractivity contribution is -0.0171. The molecule has 1 N–H and O–H groups in total. The number of hydrogen-bond acceptors (Lipinski definition) is 5. The molecule has 0 radical (unpaired) electrons. The molecule has 0 saturated carbocycles. The van der Waals surface area contributed by atoms with Crippen molar-refractivity contribution in [2.45, 2.75) is 37.4 Å². The molecule has 0 fully saturated rings. The number of thioether (sulfide) groups is 1. The number of fused-ring (bicyclic) bond motifs is 1. The Morgan fingerprint density at radius 3 is 3.18 bits per heavy atom. The second kappa shape index (κ2) is 6.53. The van der Waals surface area contributed by atoms with Gasteiger partial charge in [0.1, 0.15) is 11.6 Å². The SMILES string of the molecule is CCCn1c(SCc2cc(F)cc3c2OCOC3)n[nH]c1=O. The normalized spacial score (nSPS) is 13.7. The van der Waals surface area contributed by atoms with E-state index < -0.39 is 0 Å². The fourth-order valence-corrected chi connectivity index (χ4v) is 3.28. The molecular formula is C14H16FN3O3S. The van der Waals surface area contributed by atoms with Crippen molar-refractivity contribution in [1.29, 1.82) is 0 Å². The fourth-order valence-electron chi connectivity index (χ4n) is 2.34. The maximum Gasteiger partial charge on any atom is 0.343 e. The van der Waals surface area contributed by atoms with E-state index in [0.717, 1.165) is 12.0 Å². The Kier molecular flexibility index (Phi) is 4.49. The van der Waals surface area contributed by atoms with Crippen LogP contribution in [0, 0.1) is 5.82 Å². The molecule has 1 aromatic heterocycles. The van der Waals surface area contributed by atoms with Crippen molar-refractivity contribution in [3.05, 3.63) is 39.6 Å².